The van der Waals surface area contributed by atoms with Gasteiger partial charge in [-0.1, -0.05) is 15.9 Å². The standard InChI is InChI=1S/C7H12BrS/c8-6-3-5-9-4-1-2-7(6)9/h6-7H,1-5H2/q+1. The maximum Gasteiger partial charge on any atom is 0.131 e. The van der Waals surface area contributed by atoms with Crippen molar-refractivity contribution in [2.24, 2.45) is 0 Å². The maximum atomic E-state index is 3.75. The second-order valence-electron chi connectivity index (χ2n) is 2.93. The highest BCUT2D eigenvalue weighted by atomic mass is 79.9. The lowest BCUT2D eigenvalue weighted by atomic mass is 10.2. The van der Waals surface area contributed by atoms with Crippen molar-refractivity contribution in [2.75, 3.05) is 11.5 Å². The van der Waals surface area contributed by atoms with E-state index in [1.165, 1.54) is 25.0 Å². The van der Waals surface area contributed by atoms with Crippen molar-refractivity contribution in [1.82, 2.24) is 0 Å². The summed E-state index contributed by atoms with van der Waals surface area (Å²) in [4.78, 5) is 0.892. The lowest BCUT2D eigenvalue weighted by molar-refractivity contribution is 0.747. The van der Waals surface area contributed by atoms with Gasteiger partial charge in [0.1, 0.15) is 16.8 Å². The Morgan fingerprint density at radius 2 is 2.11 bits per heavy atom. The predicted molar refractivity (Wildman–Crippen MR) is 47.5 cm³/mol. The first kappa shape index (κ1) is 6.53. The summed E-state index contributed by atoms with van der Waals surface area (Å²) >= 11 is 3.75. The SMILES string of the molecule is BrC1CC[S+]2CCCC12. The van der Waals surface area contributed by atoms with E-state index >= 15 is 0 Å². The molecule has 2 fully saturated rings. The van der Waals surface area contributed by atoms with Gasteiger partial charge in [-0.3, -0.25) is 0 Å². The molecular weight excluding hydrogens is 196 g/mol. The molecule has 2 aliphatic rings. The van der Waals surface area contributed by atoms with E-state index in [1.807, 2.05) is 0 Å². The quantitative estimate of drug-likeness (QED) is 0.421. The van der Waals surface area contributed by atoms with E-state index in [9.17, 15) is 0 Å². The van der Waals surface area contributed by atoms with Crippen LogP contribution in [0, 0.1) is 0 Å². The Morgan fingerprint density at radius 1 is 1.22 bits per heavy atom. The molecule has 0 spiro atoms. The van der Waals surface area contributed by atoms with E-state index in [0.29, 0.717) is 0 Å². The van der Waals surface area contributed by atoms with Crippen molar-refractivity contribution in [3.63, 3.8) is 0 Å². The van der Waals surface area contributed by atoms with Gasteiger partial charge in [0.2, 0.25) is 0 Å². The zero-order valence-electron chi connectivity index (χ0n) is 5.48. The van der Waals surface area contributed by atoms with Crippen LogP contribution in [0.3, 0.4) is 0 Å². The van der Waals surface area contributed by atoms with E-state index in [4.69, 9.17) is 0 Å². The molecule has 0 nitrogen and oxygen atoms in total. The van der Waals surface area contributed by atoms with Crippen LogP contribution in [0.25, 0.3) is 0 Å². The second kappa shape index (κ2) is 2.46. The van der Waals surface area contributed by atoms with Crippen molar-refractivity contribution in [2.45, 2.75) is 29.3 Å². The molecule has 0 aromatic carbocycles. The summed E-state index contributed by atoms with van der Waals surface area (Å²) < 4.78 is 0. The molecule has 52 valence electrons. The van der Waals surface area contributed by atoms with Gasteiger partial charge in [0.15, 0.2) is 0 Å². The van der Waals surface area contributed by atoms with Gasteiger partial charge in [-0.25, -0.2) is 0 Å². The third kappa shape index (κ3) is 1.05. The van der Waals surface area contributed by atoms with Crippen molar-refractivity contribution >= 4 is 26.8 Å². The third-order valence-electron chi connectivity index (χ3n) is 2.38. The molecule has 0 radical (unpaired) electrons. The molecule has 3 atom stereocenters. The fourth-order valence-corrected chi connectivity index (χ4v) is 6.55. The Balaban J connectivity index is 2.07. The summed E-state index contributed by atoms with van der Waals surface area (Å²) in [5.74, 6) is 3.08. The van der Waals surface area contributed by atoms with Crippen LogP contribution in [0.2, 0.25) is 0 Å². The van der Waals surface area contributed by atoms with Gasteiger partial charge in [0.25, 0.3) is 0 Å². The summed E-state index contributed by atoms with van der Waals surface area (Å²) in [5.41, 5.74) is 0. The number of fused-ring (bicyclic) bond motifs is 1. The molecule has 0 aromatic heterocycles. The molecule has 2 aliphatic heterocycles. The minimum absolute atomic E-state index is 0.855. The van der Waals surface area contributed by atoms with E-state index in [2.05, 4.69) is 15.9 Å². The lowest BCUT2D eigenvalue weighted by Gasteiger charge is -2.01. The van der Waals surface area contributed by atoms with Crippen LogP contribution in [0.4, 0.5) is 0 Å². The van der Waals surface area contributed by atoms with Gasteiger partial charge in [0.05, 0.1) is 4.83 Å². The normalized spacial score (nSPS) is 49.7. The Bertz CT molecular complexity index is 115. The molecule has 0 bridgehead atoms. The van der Waals surface area contributed by atoms with Crippen molar-refractivity contribution in [1.29, 1.82) is 0 Å². The van der Waals surface area contributed by atoms with E-state index in [-0.39, 0.29) is 0 Å². The molecule has 0 aromatic rings. The highest BCUT2D eigenvalue weighted by Gasteiger charge is 2.46. The van der Waals surface area contributed by atoms with Crippen LogP contribution >= 0.6 is 15.9 Å². The van der Waals surface area contributed by atoms with Crippen LogP contribution in [0.15, 0.2) is 0 Å². The second-order valence-corrected chi connectivity index (χ2v) is 6.60. The zero-order chi connectivity index (χ0) is 6.27. The molecule has 2 heteroatoms. The van der Waals surface area contributed by atoms with Crippen LogP contribution in [0.5, 0.6) is 0 Å². The smallest absolute Gasteiger partial charge is 0.0834 e. The number of hydrogen-bond donors (Lipinski definition) is 0. The number of halogens is 1. The van der Waals surface area contributed by atoms with Gasteiger partial charge in [0, 0.05) is 12.8 Å². The van der Waals surface area contributed by atoms with Gasteiger partial charge < -0.3 is 0 Å². The van der Waals surface area contributed by atoms with Gasteiger partial charge in [-0.05, 0) is 17.3 Å². The summed E-state index contributed by atoms with van der Waals surface area (Å²) in [6.07, 6.45) is 4.47. The number of rotatable bonds is 0. The molecule has 3 unspecified atom stereocenters. The highest BCUT2D eigenvalue weighted by Crippen LogP contribution is 2.36. The van der Waals surface area contributed by atoms with Crippen LogP contribution in [0.1, 0.15) is 19.3 Å². The lowest BCUT2D eigenvalue weighted by Crippen LogP contribution is -2.16. The Labute approximate surface area is 67.9 Å². The minimum Gasteiger partial charge on any atom is -0.0834 e. The van der Waals surface area contributed by atoms with E-state index in [0.717, 1.165) is 21.0 Å². The molecule has 2 saturated heterocycles. The fourth-order valence-electron chi connectivity index (χ4n) is 1.88. The monoisotopic (exact) mass is 207 g/mol. The van der Waals surface area contributed by atoms with Gasteiger partial charge >= 0.3 is 0 Å². The summed E-state index contributed by atoms with van der Waals surface area (Å²) in [6.45, 7) is 0. The fraction of sp³-hybridized carbons (Fsp3) is 1.00. The molecule has 0 amide bonds. The molecule has 2 heterocycles. The summed E-state index contributed by atoms with van der Waals surface area (Å²) in [6, 6.07) is 0. The Kier molecular flexibility index (Phi) is 1.79. The maximum absolute atomic E-state index is 3.75. The van der Waals surface area contributed by atoms with E-state index in [1.54, 1.807) is 5.75 Å². The van der Waals surface area contributed by atoms with Crippen molar-refractivity contribution in [3.8, 4) is 0 Å². The van der Waals surface area contributed by atoms with E-state index < -0.39 is 0 Å². The first-order valence-electron chi connectivity index (χ1n) is 3.68. The molecule has 0 aliphatic carbocycles. The van der Waals surface area contributed by atoms with Crippen molar-refractivity contribution in [3.05, 3.63) is 0 Å². The molecular formula is C7H12BrS+. The van der Waals surface area contributed by atoms with Crippen LogP contribution in [-0.2, 0) is 10.9 Å². The molecule has 9 heavy (non-hydrogen) atoms. The zero-order valence-corrected chi connectivity index (χ0v) is 7.88. The first-order valence-corrected chi connectivity index (χ1v) is 6.22. The van der Waals surface area contributed by atoms with Crippen LogP contribution in [-0.4, -0.2) is 21.6 Å². The summed E-state index contributed by atoms with van der Waals surface area (Å²) in [5, 5.41) is 1.09. The minimum atomic E-state index is 0.855. The molecule has 0 saturated carbocycles. The average Bonchev–Trinajstić information content (AvgIpc) is 2.35. The average molecular weight is 208 g/mol. The highest BCUT2D eigenvalue weighted by molar-refractivity contribution is 9.09. The Hall–Kier alpha value is 0.830. The topological polar surface area (TPSA) is 0 Å². The number of alkyl halides is 1. The van der Waals surface area contributed by atoms with Gasteiger partial charge in [-0.2, -0.15) is 0 Å². The molecule has 2 rings (SSSR count). The molecule has 0 N–H and O–H groups in total. The largest absolute Gasteiger partial charge is 0.131 e. The summed E-state index contributed by atoms with van der Waals surface area (Å²) in [7, 11) is 0.855. The third-order valence-corrected chi connectivity index (χ3v) is 6.82. The van der Waals surface area contributed by atoms with Gasteiger partial charge in [-0.15, -0.1) is 0 Å². The first-order chi connectivity index (χ1) is 4.38. The van der Waals surface area contributed by atoms with Crippen molar-refractivity contribution < 1.29 is 0 Å². The predicted octanol–water partition coefficient (Wildman–Crippen LogP) is 1.93. The Morgan fingerprint density at radius 3 is 2.89 bits per heavy atom. The van der Waals surface area contributed by atoms with Crippen LogP contribution < -0.4 is 0 Å². The number of hydrogen-bond acceptors (Lipinski definition) is 0.